The van der Waals surface area contributed by atoms with Gasteiger partial charge < -0.3 is 10.6 Å². The van der Waals surface area contributed by atoms with Crippen molar-refractivity contribution in [2.75, 3.05) is 13.6 Å². The summed E-state index contributed by atoms with van der Waals surface area (Å²) in [6.45, 7) is 3.00. The van der Waals surface area contributed by atoms with E-state index in [1.54, 1.807) is 0 Å². The number of nitrogens with zero attached hydrogens (tertiary/aromatic N) is 1. The van der Waals surface area contributed by atoms with Gasteiger partial charge in [-0.05, 0) is 56.9 Å². The maximum Gasteiger partial charge on any atom is 0.225 e. The van der Waals surface area contributed by atoms with Crippen molar-refractivity contribution in [1.82, 2.24) is 4.90 Å². The number of rotatable bonds is 3. The number of amides is 1. The normalized spacial score (nSPS) is 35.9. The number of carbonyl (C=O) groups is 1. The Hall–Kier alpha value is -0.570. The molecule has 3 nitrogen and oxygen atoms in total. The molecule has 2 aliphatic rings. The molecule has 2 rings (SSSR count). The van der Waals surface area contributed by atoms with E-state index in [0.29, 0.717) is 24.4 Å². The molecule has 110 valence electrons. The van der Waals surface area contributed by atoms with Crippen LogP contribution in [0, 0.1) is 17.8 Å². The molecule has 0 aromatic rings. The Morgan fingerprint density at radius 1 is 1.11 bits per heavy atom. The van der Waals surface area contributed by atoms with Gasteiger partial charge in [0.2, 0.25) is 5.91 Å². The van der Waals surface area contributed by atoms with Crippen molar-refractivity contribution in [2.45, 2.75) is 64.3 Å². The Morgan fingerprint density at radius 2 is 1.74 bits per heavy atom. The zero-order valence-electron chi connectivity index (χ0n) is 12.6. The van der Waals surface area contributed by atoms with E-state index in [9.17, 15) is 4.79 Å². The van der Waals surface area contributed by atoms with Gasteiger partial charge in [-0.2, -0.15) is 0 Å². The maximum absolute atomic E-state index is 12.7. The minimum Gasteiger partial charge on any atom is -0.343 e. The second kappa shape index (κ2) is 6.74. The molecule has 0 heterocycles. The number of carbonyl (C=O) groups excluding carboxylic acids is 1. The van der Waals surface area contributed by atoms with E-state index >= 15 is 0 Å². The molecule has 0 bridgehead atoms. The number of hydrogen-bond donors (Lipinski definition) is 1. The molecular weight excluding hydrogens is 236 g/mol. The van der Waals surface area contributed by atoms with Crippen molar-refractivity contribution in [3.63, 3.8) is 0 Å². The SMILES string of the molecule is CC1CCC(N(C)C(=O)C2CCCCC2CN)CC1. The Bertz CT molecular complexity index is 297. The Kier molecular flexibility index (Phi) is 5.26. The summed E-state index contributed by atoms with van der Waals surface area (Å²) in [5, 5.41) is 0. The Balaban J connectivity index is 1.93. The van der Waals surface area contributed by atoms with Gasteiger partial charge in [-0.25, -0.2) is 0 Å². The second-order valence-corrected chi connectivity index (χ2v) is 6.75. The fraction of sp³-hybridized carbons (Fsp3) is 0.938. The molecule has 0 saturated heterocycles. The van der Waals surface area contributed by atoms with E-state index in [1.807, 2.05) is 7.05 Å². The monoisotopic (exact) mass is 266 g/mol. The van der Waals surface area contributed by atoms with Gasteiger partial charge in [0.25, 0.3) is 0 Å². The van der Waals surface area contributed by atoms with Gasteiger partial charge in [-0.1, -0.05) is 19.8 Å². The first-order chi connectivity index (χ1) is 9.13. The maximum atomic E-state index is 12.7. The Labute approximate surface area is 117 Å². The zero-order chi connectivity index (χ0) is 13.8. The molecule has 2 fully saturated rings. The minimum atomic E-state index is 0.197. The molecule has 19 heavy (non-hydrogen) atoms. The second-order valence-electron chi connectivity index (χ2n) is 6.75. The van der Waals surface area contributed by atoms with Crippen molar-refractivity contribution < 1.29 is 4.79 Å². The highest BCUT2D eigenvalue weighted by molar-refractivity contribution is 5.79. The van der Waals surface area contributed by atoms with Crippen molar-refractivity contribution in [1.29, 1.82) is 0 Å². The van der Waals surface area contributed by atoms with Crippen LogP contribution >= 0.6 is 0 Å². The zero-order valence-corrected chi connectivity index (χ0v) is 12.6. The van der Waals surface area contributed by atoms with E-state index in [2.05, 4.69) is 11.8 Å². The van der Waals surface area contributed by atoms with Crippen LogP contribution in [0.2, 0.25) is 0 Å². The van der Waals surface area contributed by atoms with E-state index < -0.39 is 0 Å². The van der Waals surface area contributed by atoms with Crippen molar-refractivity contribution in [2.24, 2.45) is 23.5 Å². The fourth-order valence-corrected chi connectivity index (χ4v) is 3.89. The van der Waals surface area contributed by atoms with Gasteiger partial charge in [0.05, 0.1) is 0 Å². The summed E-state index contributed by atoms with van der Waals surface area (Å²) in [6, 6.07) is 0.476. The largest absolute Gasteiger partial charge is 0.343 e. The molecule has 0 spiro atoms. The topological polar surface area (TPSA) is 46.3 Å². The molecule has 2 unspecified atom stereocenters. The summed E-state index contributed by atoms with van der Waals surface area (Å²) in [7, 11) is 2.02. The van der Waals surface area contributed by atoms with Crippen LogP contribution in [0.3, 0.4) is 0 Å². The number of nitrogens with two attached hydrogens (primary N) is 1. The Morgan fingerprint density at radius 3 is 2.37 bits per heavy atom. The lowest BCUT2D eigenvalue weighted by Crippen LogP contribution is -2.46. The van der Waals surface area contributed by atoms with Gasteiger partial charge in [-0.3, -0.25) is 4.79 Å². The molecule has 1 amide bonds. The van der Waals surface area contributed by atoms with Crippen LogP contribution in [-0.4, -0.2) is 30.4 Å². The first-order valence-electron chi connectivity index (χ1n) is 8.10. The average molecular weight is 266 g/mol. The summed E-state index contributed by atoms with van der Waals surface area (Å²) < 4.78 is 0. The molecular formula is C16H30N2O. The smallest absolute Gasteiger partial charge is 0.225 e. The van der Waals surface area contributed by atoms with Gasteiger partial charge in [0.1, 0.15) is 0 Å². The lowest BCUT2D eigenvalue weighted by atomic mass is 9.78. The summed E-state index contributed by atoms with van der Waals surface area (Å²) >= 11 is 0. The summed E-state index contributed by atoms with van der Waals surface area (Å²) in [4.78, 5) is 14.8. The molecule has 0 radical (unpaired) electrons. The predicted octanol–water partition coefficient (Wildman–Crippen LogP) is 2.79. The van der Waals surface area contributed by atoms with Gasteiger partial charge in [-0.15, -0.1) is 0 Å². The molecule has 3 heteroatoms. The molecule has 2 atom stereocenters. The highest BCUT2D eigenvalue weighted by Gasteiger charge is 2.34. The molecule has 0 aromatic carbocycles. The highest BCUT2D eigenvalue weighted by Crippen LogP contribution is 2.33. The van der Waals surface area contributed by atoms with Crippen LogP contribution in [0.1, 0.15) is 58.3 Å². The van der Waals surface area contributed by atoms with Gasteiger partial charge in [0.15, 0.2) is 0 Å². The quantitative estimate of drug-likeness (QED) is 0.854. The van der Waals surface area contributed by atoms with Crippen LogP contribution in [-0.2, 0) is 4.79 Å². The van der Waals surface area contributed by atoms with Crippen molar-refractivity contribution in [3.05, 3.63) is 0 Å². The van der Waals surface area contributed by atoms with E-state index in [1.165, 1.54) is 38.5 Å². The van der Waals surface area contributed by atoms with Crippen molar-refractivity contribution in [3.8, 4) is 0 Å². The third-order valence-corrected chi connectivity index (χ3v) is 5.41. The molecule has 0 aromatic heterocycles. The number of hydrogen-bond acceptors (Lipinski definition) is 2. The highest BCUT2D eigenvalue weighted by atomic mass is 16.2. The van der Waals surface area contributed by atoms with Crippen LogP contribution < -0.4 is 5.73 Å². The van der Waals surface area contributed by atoms with Crippen molar-refractivity contribution >= 4 is 5.91 Å². The summed E-state index contributed by atoms with van der Waals surface area (Å²) in [5.41, 5.74) is 5.86. The van der Waals surface area contributed by atoms with Gasteiger partial charge >= 0.3 is 0 Å². The minimum absolute atomic E-state index is 0.197. The van der Waals surface area contributed by atoms with Crippen LogP contribution in [0.15, 0.2) is 0 Å². The van der Waals surface area contributed by atoms with E-state index in [0.717, 1.165) is 18.8 Å². The summed E-state index contributed by atoms with van der Waals surface area (Å²) in [6.07, 6.45) is 9.54. The standard InChI is InChI=1S/C16H30N2O/c1-12-7-9-14(10-8-12)18(2)16(19)15-6-4-3-5-13(15)11-17/h12-15H,3-11,17H2,1-2H3. The van der Waals surface area contributed by atoms with E-state index in [-0.39, 0.29) is 5.92 Å². The predicted molar refractivity (Wildman–Crippen MR) is 78.7 cm³/mol. The third kappa shape index (κ3) is 3.50. The first-order valence-corrected chi connectivity index (χ1v) is 8.10. The molecule has 0 aliphatic heterocycles. The third-order valence-electron chi connectivity index (χ3n) is 5.41. The lowest BCUT2D eigenvalue weighted by Gasteiger charge is -2.38. The summed E-state index contributed by atoms with van der Waals surface area (Å²) in [5.74, 6) is 1.83. The van der Waals surface area contributed by atoms with Crippen LogP contribution in [0.25, 0.3) is 0 Å². The van der Waals surface area contributed by atoms with E-state index in [4.69, 9.17) is 5.73 Å². The lowest BCUT2D eigenvalue weighted by molar-refractivity contribution is -0.140. The molecule has 2 N–H and O–H groups in total. The fourth-order valence-electron chi connectivity index (χ4n) is 3.89. The average Bonchev–Trinajstić information content (AvgIpc) is 2.46. The first kappa shape index (κ1) is 14.8. The molecule has 2 saturated carbocycles. The molecule has 2 aliphatic carbocycles. The van der Waals surface area contributed by atoms with Crippen LogP contribution in [0.4, 0.5) is 0 Å². The van der Waals surface area contributed by atoms with Gasteiger partial charge in [0, 0.05) is 19.0 Å². The van der Waals surface area contributed by atoms with Crippen LogP contribution in [0.5, 0.6) is 0 Å².